The van der Waals surface area contributed by atoms with Crippen molar-refractivity contribution in [3.63, 3.8) is 0 Å². The van der Waals surface area contributed by atoms with Crippen LogP contribution in [0.1, 0.15) is 96.8 Å². The fourth-order valence-electron chi connectivity index (χ4n) is 3.70. The number of likely N-dealkylation sites (N-methyl/N-ethyl adjacent to an activating group) is 1. The molecule has 174 valence electrons. The highest BCUT2D eigenvalue weighted by Crippen LogP contribution is 2.33. The standard InChI is InChI=1S/C22H47N2O4P/c1-5-6-7-8-9-10-11-12-13-14-15-16-17-18-29(27,28)23-21(19-22(25)26)20-24(2,3)4/h21H,5-20H2,1-4H3,(H2-,23,25,26,27,28)/t21-/m0/s1. The number of nitrogens with one attached hydrogen (secondary N) is 1. The third-order valence-corrected chi connectivity index (χ3v) is 6.79. The van der Waals surface area contributed by atoms with Gasteiger partial charge in [-0.1, -0.05) is 84.0 Å². The van der Waals surface area contributed by atoms with E-state index in [0.29, 0.717) is 17.4 Å². The number of carbonyl (C=O) groups is 1. The summed E-state index contributed by atoms with van der Waals surface area (Å²) in [6.07, 6.45) is 15.7. The van der Waals surface area contributed by atoms with E-state index in [1.165, 1.54) is 64.2 Å². The lowest BCUT2D eigenvalue weighted by Crippen LogP contribution is -2.48. The highest BCUT2D eigenvalue weighted by Gasteiger charge is 2.24. The van der Waals surface area contributed by atoms with Gasteiger partial charge in [0.1, 0.15) is 0 Å². The van der Waals surface area contributed by atoms with Gasteiger partial charge in [0.25, 0.3) is 0 Å². The zero-order valence-electron chi connectivity index (χ0n) is 19.5. The zero-order chi connectivity index (χ0) is 22.2. The molecular formula is C22H47N2O4P. The molecule has 2 atom stereocenters. The van der Waals surface area contributed by atoms with Crippen molar-refractivity contribution in [1.29, 1.82) is 0 Å². The lowest BCUT2D eigenvalue weighted by molar-refractivity contribution is -0.871. The van der Waals surface area contributed by atoms with Crippen LogP contribution in [0.4, 0.5) is 0 Å². The van der Waals surface area contributed by atoms with E-state index in [4.69, 9.17) is 5.11 Å². The Bertz CT molecular complexity index is 466. The molecule has 29 heavy (non-hydrogen) atoms. The monoisotopic (exact) mass is 434 g/mol. The molecule has 6 nitrogen and oxygen atoms in total. The molecule has 0 saturated heterocycles. The van der Waals surface area contributed by atoms with Crippen molar-refractivity contribution >= 4 is 13.5 Å². The van der Waals surface area contributed by atoms with E-state index in [2.05, 4.69) is 12.0 Å². The number of carboxylic acid groups (broad SMARTS) is 1. The average Bonchev–Trinajstić information content (AvgIpc) is 2.56. The van der Waals surface area contributed by atoms with Gasteiger partial charge in [-0.05, 0) is 6.42 Å². The molecule has 0 aromatic heterocycles. The van der Waals surface area contributed by atoms with Crippen molar-refractivity contribution < 1.29 is 23.8 Å². The summed E-state index contributed by atoms with van der Waals surface area (Å²) in [6, 6.07) is -0.558. The van der Waals surface area contributed by atoms with Gasteiger partial charge in [-0.15, -0.1) is 0 Å². The quantitative estimate of drug-likeness (QED) is 0.164. The summed E-state index contributed by atoms with van der Waals surface area (Å²) in [6.45, 7) is 2.70. The van der Waals surface area contributed by atoms with Crippen LogP contribution in [0.5, 0.6) is 0 Å². The SMILES string of the molecule is CCCCCCCCCCCCCCCP(=O)([O-])N[C@@H](CC(=O)O)C[N+](C)(C)C. The van der Waals surface area contributed by atoms with Crippen LogP contribution in [-0.4, -0.2) is 55.5 Å². The Morgan fingerprint density at radius 2 is 1.31 bits per heavy atom. The summed E-state index contributed by atoms with van der Waals surface area (Å²) in [7, 11) is 2.04. The number of carboxylic acids is 1. The molecule has 0 fully saturated rings. The fraction of sp³-hybridized carbons (Fsp3) is 0.955. The van der Waals surface area contributed by atoms with Crippen molar-refractivity contribution in [3.8, 4) is 0 Å². The highest BCUT2D eigenvalue weighted by molar-refractivity contribution is 7.54. The van der Waals surface area contributed by atoms with Crippen molar-refractivity contribution in [1.82, 2.24) is 5.09 Å². The van der Waals surface area contributed by atoms with Gasteiger partial charge in [-0.3, -0.25) is 9.88 Å². The number of hydrogen-bond donors (Lipinski definition) is 2. The highest BCUT2D eigenvalue weighted by atomic mass is 31.2. The van der Waals surface area contributed by atoms with E-state index in [-0.39, 0.29) is 12.6 Å². The first-order valence-corrected chi connectivity index (χ1v) is 13.5. The summed E-state index contributed by atoms with van der Waals surface area (Å²) in [5, 5.41) is 11.7. The molecule has 0 saturated carbocycles. The van der Waals surface area contributed by atoms with Gasteiger partial charge in [0.05, 0.1) is 47.7 Å². The molecule has 7 heteroatoms. The van der Waals surface area contributed by atoms with Crippen LogP contribution >= 0.6 is 7.52 Å². The molecule has 0 amide bonds. The maximum atomic E-state index is 12.3. The first-order valence-electron chi connectivity index (χ1n) is 11.7. The Morgan fingerprint density at radius 3 is 1.69 bits per heavy atom. The Kier molecular flexibility index (Phi) is 16.1. The molecule has 0 aromatic carbocycles. The maximum Gasteiger partial charge on any atom is 0.305 e. The minimum absolute atomic E-state index is 0.109. The van der Waals surface area contributed by atoms with Crippen LogP contribution in [0.3, 0.4) is 0 Å². The molecule has 0 radical (unpaired) electrons. The first-order chi connectivity index (χ1) is 13.6. The number of hydrogen-bond acceptors (Lipinski definition) is 3. The predicted octanol–water partition coefficient (Wildman–Crippen LogP) is 4.77. The van der Waals surface area contributed by atoms with E-state index in [1.807, 2.05) is 21.1 Å². The van der Waals surface area contributed by atoms with Crippen LogP contribution < -0.4 is 9.98 Å². The maximum absolute atomic E-state index is 12.3. The van der Waals surface area contributed by atoms with Crippen LogP contribution in [-0.2, 0) is 9.36 Å². The summed E-state index contributed by atoms with van der Waals surface area (Å²) >= 11 is 0. The van der Waals surface area contributed by atoms with Crippen molar-refractivity contribution in [3.05, 3.63) is 0 Å². The van der Waals surface area contributed by atoms with E-state index in [1.54, 1.807) is 0 Å². The Morgan fingerprint density at radius 1 is 0.897 bits per heavy atom. The summed E-state index contributed by atoms with van der Waals surface area (Å²) < 4.78 is 12.8. The minimum atomic E-state index is -3.75. The van der Waals surface area contributed by atoms with Crippen molar-refractivity contribution in [2.45, 2.75) is 103 Å². The van der Waals surface area contributed by atoms with Gasteiger partial charge in [0.15, 0.2) is 0 Å². The third kappa shape index (κ3) is 20.6. The molecule has 0 rings (SSSR count). The molecule has 0 aliphatic heterocycles. The van der Waals surface area contributed by atoms with Gasteiger partial charge >= 0.3 is 5.97 Å². The van der Waals surface area contributed by atoms with Crippen LogP contribution in [0, 0.1) is 0 Å². The van der Waals surface area contributed by atoms with Gasteiger partial charge in [0.2, 0.25) is 0 Å². The lowest BCUT2D eigenvalue weighted by atomic mass is 10.1. The van der Waals surface area contributed by atoms with Crippen molar-refractivity contribution in [2.24, 2.45) is 0 Å². The normalized spacial score (nSPS) is 15.2. The number of quaternary nitrogens is 1. The summed E-state index contributed by atoms with van der Waals surface area (Å²) in [5.74, 6) is -0.975. The largest absolute Gasteiger partial charge is 0.788 e. The van der Waals surface area contributed by atoms with E-state index < -0.39 is 19.5 Å². The lowest BCUT2D eigenvalue weighted by Gasteiger charge is -2.34. The van der Waals surface area contributed by atoms with E-state index in [9.17, 15) is 14.3 Å². The average molecular weight is 435 g/mol. The summed E-state index contributed by atoms with van der Waals surface area (Å²) in [5.41, 5.74) is 0. The zero-order valence-corrected chi connectivity index (χ0v) is 20.4. The Labute approximate surface area is 179 Å². The van der Waals surface area contributed by atoms with Gasteiger partial charge in [-0.2, -0.15) is 0 Å². The second-order valence-electron chi connectivity index (χ2n) is 9.54. The minimum Gasteiger partial charge on any atom is -0.788 e. The molecule has 0 aromatic rings. The second kappa shape index (κ2) is 16.3. The molecule has 1 unspecified atom stereocenters. The van der Waals surface area contributed by atoms with Gasteiger partial charge in [0, 0.05) is 6.16 Å². The number of unbranched alkanes of at least 4 members (excludes halogenated alkanes) is 12. The number of rotatable bonds is 20. The van der Waals surface area contributed by atoms with Crippen LogP contribution in [0.25, 0.3) is 0 Å². The first kappa shape index (κ1) is 28.6. The Hall–Kier alpha value is -0.420. The van der Waals surface area contributed by atoms with Crippen LogP contribution in [0.2, 0.25) is 0 Å². The molecular weight excluding hydrogens is 387 g/mol. The number of nitrogens with zero attached hydrogens (tertiary/aromatic N) is 1. The van der Waals surface area contributed by atoms with E-state index >= 15 is 0 Å². The summed E-state index contributed by atoms with van der Waals surface area (Å²) in [4.78, 5) is 23.4. The second-order valence-corrected chi connectivity index (χ2v) is 11.6. The molecule has 0 aliphatic carbocycles. The molecule has 0 heterocycles. The predicted molar refractivity (Wildman–Crippen MR) is 120 cm³/mol. The van der Waals surface area contributed by atoms with E-state index in [0.717, 1.165) is 12.8 Å². The van der Waals surface area contributed by atoms with Gasteiger partial charge < -0.3 is 19.0 Å². The third-order valence-electron chi connectivity index (χ3n) is 5.12. The molecule has 0 bridgehead atoms. The van der Waals surface area contributed by atoms with Crippen molar-refractivity contribution in [2.75, 3.05) is 33.8 Å². The topological polar surface area (TPSA) is 89.5 Å². The fourth-order valence-corrected chi connectivity index (χ4v) is 5.20. The molecule has 0 aliphatic rings. The van der Waals surface area contributed by atoms with Gasteiger partial charge in [-0.25, -0.2) is 0 Å². The Balaban J connectivity index is 3.82. The molecule has 0 spiro atoms. The number of aliphatic carboxylic acids is 1. The molecule has 2 N–H and O–H groups in total. The smallest absolute Gasteiger partial charge is 0.305 e. The van der Waals surface area contributed by atoms with Crippen LogP contribution in [0.15, 0.2) is 0 Å².